The molecule has 0 radical (unpaired) electrons. The molecule has 7 heteroatoms. The molecule has 2 fully saturated rings. The van der Waals surface area contributed by atoms with E-state index >= 15 is 0 Å². The van der Waals surface area contributed by atoms with E-state index in [-0.39, 0.29) is 0 Å². The number of imidazole rings is 2. The normalized spacial score (nSPS) is 20.4. The maximum absolute atomic E-state index is 4.75. The Morgan fingerprint density at radius 3 is 2.43 bits per heavy atom. The Morgan fingerprint density at radius 2 is 1.59 bits per heavy atom. The third-order valence-electron chi connectivity index (χ3n) is 7.97. The van der Waals surface area contributed by atoms with Gasteiger partial charge in [-0.3, -0.25) is 4.90 Å². The molecule has 0 saturated carbocycles. The quantitative estimate of drug-likeness (QED) is 0.233. The molecule has 0 bridgehead atoms. The van der Waals surface area contributed by atoms with Gasteiger partial charge in [-0.05, 0) is 85.9 Å². The lowest BCUT2D eigenvalue weighted by Crippen LogP contribution is -2.23. The van der Waals surface area contributed by atoms with Crippen molar-refractivity contribution >= 4 is 22.1 Å². The second-order valence-corrected chi connectivity index (χ2v) is 11.3. The van der Waals surface area contributed by atoms with Crippen molar-refractivity contribution in [2.45, 2.75) is 44.7 Å². The monoisotopic (exact) mass is 508 g/mol. The van der Waals surface area contributed by atoms with Crippen molar-refractivity contribution in [3.63, 3.8) is 0 Å². The van der Waals surface area contributed by atoms with Gasteiger partial charge in [0.15, 0.2) is 0 Å². The predicted molar refractivity (Wildman–Crippen MR) is 152 cm³/mol. The molecule has 188 valence electrons. The first-order valence-electron chi connectivity index (χ1n) is 13.5. The molecule has 5 heterocycles. The zero-order chi connectivity index (χ0) is 24.8. The summed E-state index contributed by atoms with van der Waals surface area (Å²) in [5.74, 6) is 2.15. The fourth-order valence-electron chi connectivity index (χ4n) is 5.93. The van der Waals surface area contributed by atoms with E-state index in [0.29, 0.717) is 12.1 Å². The Hall–Kier alpha value is -3.26. The van der Waals surface area contributed by atoms with Crippen molar-refractivity contribution in [2.24, 2.45) is 0 Å². The molecule has 6 nitrogen and oxygen atoms in total. The highest BCUT2D eigenvalue weighted by molar-refractivity contribution is 7.18. The SMILES string of the molecule is CCN1CCCC1c1ncc(-c2ccc3cc(-c4ccc(-c5cnc(C6CCCN6)[nH]5)s4)ccc3c2)[nH]1. The number of fused-ring (bicyclic) bond motifs is 1. The molecule has 2 unspecified atom stereocenters. The van der Waals surface area contributed by atoms with E-state index in [1.165, 1.54) is 57.5 Å². The van der Waals surface area contributed by atoms with Crippen molar-refractivity contribution in [1.29, 1.82) is 0 Å². The van der Waals surface area contributed by atoms with Gasteiger partial charge in [-0.15, -0.1) is 11.3 Å². The van der Waals surface area contributed by atoms with Crippen molar-refractivity contribution in [3.05, 3.63) is 72.6 Å². The molecule has 0 amide bonds. The van der Waals surface area contributed by atoms with Crippen LogP contribution in [0.2, 0.25) is 0 Å². The van der Waals surface area contributed by atoms with Gasteiger partial charge < -0.3 is 15.3 Å². The summed E-state index contributed by atoms with van der Waals surface area (Å²) in [7, 11) is 0. The zero-order valence-corrected chi connectivity index (χ0v) is 21.9. The third-order valence-corrected chi connectivity index (χ3v) is 9.14. The van der Waals surface area contributed by atoms with Crippen LogP contribution >= 0.6 is 11.3 Å². The van der Waals surface area contributed by atoms with E-state index in [2.05, 4.69) is 80.6 Å². The summed E-state index contributed by atoms with van der Waals surface area (Å²) in [4.78, 5) is 21.5. The topological polar surface area (TPSA) is 72.6 Å². The average molecular weight is 509 g/mol. The van der Waals surface area contributed by atoms with Crippen LogP contribution in [0.4, 0.5) is 0 Å². The van der Waals surface area contributed by atoms with Crippen LogP contribution in [0.5, 0.6) is 0 Å². The Bertz CT molecular complexity index is 1540. The first kappa shape index (κ1) is 22.9. The number of thiophene rings is 1. The minimum Gasteiger partial charge on any atom is -0.341 e. The van der Waals surface area contributed by atoms with Crippen LogP contribution in [0.15, 0.2) is 60.9 Å². The third kappa shape index (κ3) is 4.31. The number of rotatable bonds is 6. The van der Waals surface area contributed by atoms with Gasteiger partial charge in [-0.2, -0.15) is 0 Å². The number of likely N-dealkylation sites (tertiary alicyclic amines) is 1. The maximum Gasteiger partial charge on any atom is 0.123 e. The van der Waals surface area contributed by atoms with Crippen LogP contribution in [0.3, 0.4) is 0 Å². The molecule has 0 spiro atoms. The average Bonchev–Trinajstić information content (AvgIpc) is 3.75. The lowest BCUT2D eigenvalue weighted by atomic mass is 10.0. The smallest absolute Gasteiger partial charge is 0.123 e. The summed E-state index contributed by atoms with van der Waals surface area (Å²) in [5, 5.41) is 6.01. The molecule has 0 aliphatic carbocycles. The first-order valence-corrected chi connectivity index (χ1v) is 14.3. The molecular formula is C30H32N6S. The number of hydrogen-bond donors (Lipinski definition) is 3. The highest BCUT2D eigenvalue weighted by Gasteiger charge is 2.27. The standard InChI is InChI=1S/C30H32N6S/c1-2-36-14-4-6-26(36)30-33-17-24(34-30)21-9-7-20-16-22(10-8-19(20)15-21)27-11-12-28(37-27)25-18-32-29(35-25)23-5-3-13-31-23/h7-12,15-18,23,26,31H,2-6,13-14H2,1H3,(H,32,35)(H,33,34). The van der Waals surface area contributed by atoms with Gasteiger partial charge >= 0.3 is 0 Å². The summed E-state index contributed by atoms with van der Waals surface area (Å²) >= 11 is 1.81. The van der Waals surface area contributed by atoms with E-state index < -0.39 is 0 Å². The van der Waals surface area contributed by atoms with Crippen molar-refractivity contribution in [3.8, 4) is 32.3 Å². The Labute approximate surface area is 221 Å². The zero-order valence-electron chi connectivity index (χ0n) is 21.1. The Kier molecular flexibility index (Phi) is 5.92. The number of H-pyrrole nitrogens is 2. The molecule has 3 N–H and O–H groups in total. The van der Waals surface area contributed by atoms with Gasteiger partial charge in [0.2, 0.25) is 0 Å². The van der Waals surface area contributed by atoms with E-state index in [0.717, 1.165) is 42.5 Å². The summed E-state index contributed by atoms with van der Waals surface area (Å²) in [6.45, 7) is 5.56. The molecular weight excluding hydrogens is 476 g/mol. The van der Waals surface area contributed by atoms with Crippen LogP contribution in [0.25, 0.3) is 43.0 Å². The maximum atomic E-state index is 4.75. The second-order valence-electron chi connectivity index (χ2n) is 10.2. The molecule has 7 rings (SSSR count). The van der Waals surface area contributed by atoms with Gasteiger partial charge in [0.25, 0.3) is 0 Å². The lowest BCUT2D eigenvalue weighted by molar-refractivity contribution is 0.263. The largest absolute Gasteiger partial charge is 0.341 e. The highest BCUT2D eigenvalue weighted by Crippen LogP contribution is 2.37. The van der Waals surface area contributed by atoms with Crippen LogP contribution in [-0.2, 0) is 0 Å². The van der Waals surface area contributed by atoms with E-state index in [9.17, 15) is 0 Å². The van der Waals surface area contributed by atoms with E-state index in [1.807, 2.05) is 23.7 Å². The minimum absolute atomic E-state index is 0.362. The van der Waals surface area contributed by atoms with E-state index in [1.54, 1.807) is 0 Å². The van der Waals surface area contributed by atoms with Crippen LogP contribution in [0.1, 0.15) is 56.3 Å². The van der Waals surface area contributed by atoms with Gasteiger partial charge in [-0.25, -0.2) is 9.97 Å². The fourth-order valence-corrected chi connectivity index (χ4v) is 6.90. The molecule has 2 atom stereocenters. The van der Waals surface area contributed by atoms with Crippen molar-refractivity contribution < 1.29 is 0 Å². The lowest BCUT2D eigenvalue weighted by Gasteiger charge is -2.20. The second kappa shape index (κ2) is 9.56. The molecule has 2 saturated heterocycles. The summed E-state index contributed by atoms with van der Waals surface area (Å²) in [6.07, 6.45) is 8.77. The number of aromatic nitrogens is 4. The molecule has 37 heavy (non-hydrogen) atoms. The number of hydrogen-bond acceptors (Lipinski definition) is 5. The Morgan fingerprint density at radius 1 is 0.838 bits per heavy atom. The Balaban J connectivity index is 1.12. The number of nitrogens with one attached hydrogen (secondary N) is 3. The highest BCUT2D eigenvalue weighted by atomic mass is 32.1. The summed E-state index contributed by atoms with van der Waals surface area (Å²) in [6, 6.07) is 18.7. The molecule has 3 aromatic heterocycles. The van der Waals surface area contributed by atoms with Gasteiger partial charge in [0, 0.05) is 10.4 Å². The summed E-state index contributed by atoms with van der Waals surface area (Å²) < 4.78 is 0. The van der Waals surface area contributed by atoms with Crippen molar-refractivity contribution in [1.82, 2.24) is 30.2 Å². The molecule has 2 aliphatic rings. The predicted octanol–water partition coefficient (Wildman–Crippen LogP) is 6.93. The minimum atomic E-state index is 0.362. The van der Waals surface area contributed by atoms with Crippen molar-refractivity contribution in [2.75, 3.05) is 19.6 Å². The number of benzene rings is 2. The van der Waals surface area contributed by atoms with Gasteiger partial charge in [0.05, 0.1) is 40.7 Å². The molecule has 2 aliphatic heterocycles. The van der Waals surface area contributed by atoms with E-state index in [4.69, 9.17) is 4.98 Å². The summed E-state index contributed by atoms with van der Waals surface area (Å²) in [5.41, 5.74) is 4.63. The first-order chi connectivity index (χ1) is 18.2. The molecule has 2 aromatic carbocycles. The van der Waals surface area contributed by atoms with Gasteiger partial charge in [0.1, 0.15) is 11.6 Å². The van der Waals surface area contributed by atoms with Crippen LogP contribution < -0.4 is 5.32 Å². The number of nitrogens with zero attached hydrogens (tertiary/aromatic N) is 3. The van der Waals surface area contributed by atoms with Crippen LogP contribution in [0, 0.1) is 0 Å². The molecule has 5 aromatic rings. The fraction of sp³-hybridized carbons (Fsp3) is 0.333. The van der Waals surface area contributed by atoms with Crippen LogP contribution in [-0.4, -0.2) is 44.5 Å². The van der Waals surface area contributed by atoms with Gasteiger partial charge in [-0.1, -0.05) is 31.2 Å². The number of aromatic amines is 2.